The number of hydrogen-bond donors (Lipinski definition) is 1. The standard InChI is InChI=1S/C14H22N2.ClH/c1-12(13-6-4-3-5-7-13)16-10-8-14(15-2)9-11-16;/h3-7,12,14-15H,8-11H2,1-2H3;1H. The first-order chi connectivity index (χ1) is 7.81. The molecule has 0 amide bonds. The fourth-order valence-corrected chi connectivity index (χ4v) is 2.52. The van der Waals surface area contributed by atoms with Gasteiger partial charge in [-0.05, 0) is 32.4 Å². The first kappa shape index (κ1) is 14.5. The van der Waals surface area contributed by atoms with Crippen LogP contribution in [0.3, 0.4) is 0 Å². The predicted octanol–water partition coefficient (Wildman–Crippen LogP) is 2.85. The molecular formula is C14H23ClN2. The Kier molecular flexibility index (Phi) is 5.96. The largest absolute Gasteiger partial charge is 0.317 e. The predicted molar refractivity (Wildman–Crippen MR) is 75.8 cm³/mol. The number of rotatable bonds is 3. The van der Waals surface area contributed by atoms with E-state index in [0.29, 0.717) is 6.04 Å². The Morgan fingerprint density at radius 1 is 1.18 bits per heavy atom. The molecule has 1 N–H and O–H groups in total. The van der Waals surface area contributed by atoms with Crippen molar-refractivity contribution in [2.75, 3.05) is 20.1 Å². The van der Waals surface area contributed by atoms with E-state index in [9.17, 15) is 0 Å². The number of piperidine rings is 1. The molecule has 0 bridgehead atoms. The zero-order valence-corrected chi connectivity index (χ0v) is 11.5. The minimum atomic E-state index is 0. The van der Waals surface area contributed by atoms with Crippen LogP contribution in [0.25, 0.3) is 0 Å². The molecule has 2 nitrogen and oxygen atoms in total. The van der Waals surface area contributed by atoms with Crippen molar-refractivity contribution < 1.29 is 0 Å². The third-order valence-electron chi connectivity index (χ3n) is 3.77. The summed E-state index contributed by atoms with van der Waals surface area (Å²) >= 11 is 0. The monoisotopic (exact) mass is 254 g/mol. The highest BCUT2D eigenvalue weighted by molar-refractivity contribution is 5.85. The normalized spacial score (nSPS) is 19.6. The van der Waals surface area contributed by atoms with Crippen molar-refractivity contribution in [1.82, 2.24) is 10.2 Å². The SMILES string of the molecule is CNC1CCN(C(C)c2ccccc2)CC1.Cl. The zero-order chi connectivity index (χ0) is 11.4. The van der Waals surface area contributed by atoms with Gasteiger partial charge in [0.2, 0.25) is 0 Å². The zero-order valence-electron chi connectivity index (χ0n) is 10.7. The van der Waals surface area contributed by atoms with E-state index in [4.69, 9.17) is 0 Å². The lowest BCUT2D eigenvalue weighted by atomic mass is 10.0. The number of nitrogens with zero attached hydrogens (tertiary/aromatic N) is 1. The lowest BCUT2D eigenvalue weighted by Gasteiger charge is -2.36. The first-order valence-electron chi connectivity index (χ1n) is 6.27. The van der Waals surface area contributed by atoms with Crippen molar-refractivity contribution in [2.45, 2.75) is 31.8 Å². The lowest BCUT2D eigenvalue weighted by Crippen LogP contribution is -2.42. The summed E-state index contributed by atoms with van der Waals surface area (Å²) in [4.78, 5) is 2.59. The minimum Gasteiger partial charge on any atom is -0.317 e. The Bertz CT molecular complexity index is 307. The second-order valence-electron chi connectivity index (χ2n) is 4.69. The van der Waals surface area contributed by atoms with Gasteiger partial charge in [0, 0.05) is 25.2 Å². The molecule has 2 rings (SSSR count). The quantitative estimate of drug-likeness (QED) is 0.893. The van der Waals surface area contributed by atoms with Crippen molar-refractivity contribution in [1.29, 1.82) is 0 Å². The molecule has 1 fully saturated rings. The number of hydrogen-bond acceptors (Lipinski definition) is 2. The molecule has 0 saturated carbocycles. The summed E-state index contributed by atoms with van der Waals surface area (Å²) in [5, 5.41) is 3.38. The van der Waals surface area contributed by atoms with E-state index < -0.39 is 0 Å². The Balaban J connectivity index is 0.00000144. The maximum atomic E-state index is 3.38. The molecular weight excluding hydrogens is 232 g/mol. The summed E-state index contributed by atoms with van der Waals surface area (Å²) in [5.74, 6) is 0. The first-order valence-corrected chi connectivity index (χ1v) is 6.27. The van der Waals surface area contributed by atoms with E-state index in [2.05, 4.69) is 54.5 Å². The average molecular weight is 255 g/mol. The third-order valence-corrected chi connectivity index (χ3v) is 3.77. The van der Waals surface area contributed by atoms with Crippen LogP contribution < -0.4 is 5.32 Å². The summed E-state index contributed by atoms with van der Waals surface area (Å²) in [6, 6.07) is 12.1. The molecule has 1 aromatic carbocycles. The number of nitrogens with one attached hydrogen (secondary N) is 1. The van der Waals surface area contributed by atoms with Crippen LogP contribution in [0.5, 0.6) is 0 Å². The number of likely N-dealkylation sites (tertiary alicyclic amines) is 1. The van der Waals surface area contributed by atoms with E-state index in [-0.39, 0.29) is 12.4 Å². The van der Waals surface area contributed by atoms with Crippen LogP contribution in [0, 0.1) is 0 Å². The molecule has 1 heterocycles. The van der Waals surface area contributed by atoms with Gasteiger partial charge in [0.1, 0.15) is 0 Å². The Hall–Kier alpha value is -0.570. The van der Waals surface area contributed by atoms with Crippen LogP contribution >= 0.6 is 12.4 Å². The van der Waals surface area contributed by atoms with E-state index in [0.717, 1.165) is 6.04 Å². The Labute approximate surface area is 111 Å². The van der Waals surface area contributed by atoms with Gasteiger partial charge in [0.25, 0.3) is 0 Å². The van der Waals surface area contributed by atoms with E-state index in [1.54, 1.807) is 0 Å². The summed E-state index contributed by atoms with van der Waals surface area (Å²) in [5.41, 5.74) is 1.44. The van der Waals surface area contributed by atoms with Crippen LogP contribution in [0.4, 0.5) is 0 Å². The second-order valence-corrected chi connectivity index (χ2v) is 4.69. The van der Waals surface area contributed by atoms with Crippen LogP contribution in [0.2, 0.25) is 0 Å². The summed E-state index contributed by atoms with van der Waals surface area (Å²) in [7, 11) is 2.07. The maximum Gasteiger partial charge on any atom is 0.0319 e. The summed E-state index contributed by atoms with van der Waals surface area (Å²) in [6.07, 6.45) is 2.54. The average Bonchev–Trinajstić information content (AvgIpc) is 2.39. The van der Waals surface area contributed by atoms with Gasteiger partial charge in [-0.2, -0.15) is 0 Å². The molecule has 1 atom stereocenters. The van der Waals surface area contributed by atoms with E-state index >= 15 is 0 Å². The van der Waals surface area contributed by atoms with Gasteiger partial charge in [-0.15, -0.1) is 12.4 Å². The van der Waals surface area contributed by atoms with Gasteiger partial charge < -0.3 is 5.32 Å². The molecule has 1 unspecified atom stereocenters. The van der Waals surface area contributed by atoms with Crippen molar-refractivity contribution >= 4 is 12.4 Å². The molecule has 0 radical (unpaired) electrons. The molecule has 0 spiro atoms. The summed E-state index contributed by atoms with van der Waals surface area (Å²) in [6.45, 7) is 4.73. The van der Waals surface area contributed by atoms with Crippen molar-refractivity contribution in [2.24, 2.45) is 0 Å². The fourth-order valence-electron chi connectivity index (χ4n) is 2.52. The lowest BCUT2D eigenvalue weighted by molar-refractivity contribution is 0.155. The van der Waals surface area contributed by atoms with Gasteiger partial charge >= 0.3 is 0 Å². The molecule has 96 valence electrons. The number of benzene rings is 1. The van der Waals surface area contributed by atoms with Crippen LogP contribution in [0.15, 0.2) is 30.3 Å². The molecule has 1 saturated heterocycles. The van der Waals surface area contributed by atoms with Gasteiger partial charge in [-0.3, -0.25) is 4.90 Å². The molecule has 17 heavy (non-hydrogen) atoms. The smallest absolute Gasteiger partial charge is 0.0319 e. The van der Waals surface area contributed by atoms with Crippen molar-refractivity contribution in [3.8, 4) is 0 Å². The van der Waals surface area contributed by atoms with Crippen LogP contribution in [-0.2, 0) is 0 Å². The van der Waals surface area contributed by atoms with Gasteiger partial charge in [-0.25, -0.2) is 0 Å². The van der Waals surface area contributed by atoms with E-state index in [1.807, 2.05) is 0 Å². The molecule has 0 aliphatic carbocycles. The number of halogens is 1. The van der Waals surface area contributed by atoms with Gasteiger partial charge in [-0.1, -0.05) is 30.3 Å². The van der Waals surface area contributed by atoms with Crippen LogP contribution in [-0.4, -0.2) is 31.1 Å². The minimum absolute atomic E-state index is 0. The highest BCUT2D eigenvalue weighted by Crippen LogP contribution is 2.23. The van der Waals surface area contributed by atoms with Crippen LogP contribution in [0.1, 0.15) is 31.4 Å². The van der Waals surface area contributed by atoms with Gasteiger partial charge in [0.15, 0.2) is 0 Å². The van der Waals surface area contributed by atoms with Gasteiger partial charge in [0.05, 0.1) is 0 Å². The highest BCUT2D eigenvalue weighted by Gasteiger charge is 2.22. The summed E-state index contributed by atoms with van der Waals surface area (Å²) < 4.78 is 0. The van der Waals surface area contributed by atoms with E-state index in [1.165, 1.54) is 31.5 Å². The maximum absolute atomic E-state index is 3.38. The molecule has 1 aliphatic rings. The molecule has 1 aliphatic heterocycles. The van der Waals surface area contributed by atoms with Crippen molar-refractivity contribution in [3.63, 3.8) is 0 Å². The fraction of sp³-hybridized carbons (Fsp3) is 0.571. The molecule has 1 aromatic rings. The third kappa shape index (κ3) is 3.70. The molecule has 0 aromatic heterocycles. The topological polar surface area (TPSA) is 15.3 Å². The van der Waals surface area contributed by atoms with Crippen molar-refractivity contribution in [3.05, 3.63) is 35.9 Å². The Morgan fingerprint density at radius 3 is 2.29 bits per heavy atom. The second kappa shape index (κ2) is 7.00. The Morgan fingerprint density at radius 2 is 1.76 bits per heavy atom. The molecule has 3 heteroatoms. The highest BCUT2D eigenvalue weighted by atomic mass is 35.5.